The highest BCUT2D eigenvalue weighted by atomic mass is 32.1. The summed E-state index contributed by atoms with van der Waals surface area (Å²) in [5.41, 5.74) is 16.6. The van der Waals surface area contributed by atoms with E-state index in [2.05, 4.69) is 11.4 Å². The normalized spacial score (nSPS) is 16.7. The van der Waals surface area contributed by atoms with Crippen LogP contribution in [0.2, 0.25) is 0 Å². The Hall–Kier alpha value is -2.45. The molecular weight excluding hydrogens is 452 g/mol. The van der Waals surface area contributed by atoms with Crippen LogP contribution in [-0.2, 0) is 25.7 Å². The van der Waals surface area contributed by atoms with Crippen molar-refractivity contribution in [1.29, 1.82) is 0 Å². The molecule has 0 fully saturated rings. The number of amides is 2. The van der Waals surface area contributed by atoms with Gasteiger partial charge < -0.3 is 16.8 Å². The van der Waals surface area contributed by atoms with Crippen molar-refractivity contribution in [1.82, 2.24) is 4.98 Å². The third kappa shape index (κ3) is 4.38. The lowest BCUT2D eigenvalue weighted by Crippen LogP contribution is -2.18. The van der Waals surface area contributed by atoms with E-state index in [9.17, 15) is 9.59 Å². The van der Waals surface area contributed by atoms with Crippen LogP contribution in [-0.4, -0.2) is 16.8 Å². The van der Waals surface area contributed by atoms with Crippen LogP contribution in [0.15, 0.2) is 6.07 Å². The third-order valence-electron chi connectivity index (χ3n) is 6.85. The maximum Gasteiger partial charge on any atom is 0.268 e. The number of nitrogens with zero attached hydrogens (tertiary/aromatic N) is 1. The van der Waals surface area contributed by atoms with Crippen LogP contribution in [0.5, 0.6) is 0 Å². The number of anilines is 2. The fraction of sp³-hybridized carbons (Fsp3) is 0.480. The summed E-state index contributed by atoms with van der Waals surface area (Å²) in [6.07, 6.45) is 13.0. The van der Waals surface area contributed by atoms with E-state index >= 15 is 0 Å². The van der Waals surface area contributed by atoms with Gasteiger partial charge in [-0.25, -0.2) is 4.98 Å². The molecule has 5 rings (SSSR count). The van der Waals surface area contributed by atoms with Gasteiger partial charge in [0.25, 0.3) is 11.8 Å². The second-order valence-corrected chi connectivity index (χ2v) is 11.3. The van der Waals surface area contributed by atoms with Gasteiger partial charge in [-0.15, -0.1) is 22.7 Å². The average Bonchev–Trinajstić information content (AvgIpc) is 3.24. The lowest BCUT2D eigenvalue weighted by atomic mass is 9.96. The summed E-state index contributed by atoms with van der Waals surface area (Å²) in [5, 5.41) is 4.39. The first-order chi connectivity index (χ1) is 16.0. The van der Waals surface area contributed by atoms with Crippen molar-refractivity contribution < 1.29 is 9.59 Å². The molecule has 174 valence electrons. The van der Waals surface area contributed by atoms with Crippen molar-refractivity contribution in [2.24, 2.45) is 5.73 Å². The molecule has 0 bridgehead atoms. The maximum atomic E-state index is 13.3. The standard InChI is InChI=1S/C25H30N4O2S2/c26-20-16-13-14-9-5-1-3-7-11-17(14)28-24(16)33-21(20)23(31)29-25-19(22(27)30)15-10-6-2-4-8-12-18(15)32-25/h13H,1-12,26H2,(H2,27,30)(H,29,31). The fourth-order valence-corrected chi connectivity index (χ4v) is 7.39. The zero-order chi connectivity index (χ0) is 22.9. The van der Waals surface area contributed by atoms with Gasteiger partial charge in [0.05, 0.1) is 11.3 Å². The third-order valence-corrected chi connectivity index (χ3v) is 9.17. The number of carbonyl (C=O) groups excluding carboxylic acids is 2. The van der Waals surface area contributed by atoms with E-state index in [1.54, 1.807) is 0 Å². The quantitative estimate of drug-likeness (QED) is 0.450. The van der Waals surface area contributed by atoms with Gasteiger partial charge in [0, 0.05) is 16.0 Å². The van der Waals surface area contributed by atoms with Crippen molar-refractivity contribution in [2.45, 2.75) is 77.0 Å². The van der Waals surface area contributed by atoms with Gasteiger partial charge in [0.15, 0.2) is 0 Å². The summed E-state index contributed by atoms with van der Waals surface area (Å²) in [5.74, 6) is -0.770. The number of hydrogen-bond donors (Lipinski definition) is 3. The number of fused-ring (bicyclic) bond motifs is 3. The van der Waals surface area contributed by atoms with E-state index in [0.29, 0.717) is 21.1 Å². The van der Waals surface area contributed by atoms with Crippen LogP contribution >= 0.6 is 22.7 Å². The fourth-order valence-electron chi connectivity index (χ4n) is 5.11. The van der Waals surface area contributed by atoms with Gasteiger partial charge >= 0.3 is 0 Å². The monoisotopic (exact) mass is 482 g/mol. The molecule has 0 radical (unpaired) electrons. The Balaban J connectivity index is 1.49. The number of primary amides is 1. The second-order valence-electron chi connectivity index (χ2n) is 9.15. The van der Waals surface area contributed by atoms with Gasteiger partial charge in [0.2, 0.25) is 0 Å². The van der Waals surface area contributed by atoms with Gasteiger partial charge in [-0.3, -0.25) is 9.59 Å². The molecular formula is C25H30N4O2S2. The number of nitrogen functional groups attached to an aromatic ring is 1. The number of aryl methyl sites for hydroxylation is 3. The maximum absolute atomic E-state index is 13.3. The summed E-state index contributed by atoms with van der Waals surface area (Å²) in [4.78, 5) is 33.0. The topological polar surface area (TPSA) is 111 Å². The largest absolute Gasteiger partial charge is 0.397 e. The van der Waals surface area contributed by atoms with Crippen molar-refractivity contribution in [3.05, 3.63) is 38.2 Å². The summed E-state index contributed by atoms with van der Waals surface area (Å²) < 4.78 is 0. The van der Waals surface area contributed by atoms with Gasteiger partial charge in [-0.05, 0) is 68.6 Å². The number of aromatic nitrogens is 1. The highest BCUT2D eigenvalue weighted by Gasteiger charge is 2.26. The molecule has 33 heavy (non-hydrogen) atoms. The molecule has 0 atom stereocenters. The smallest absolute Gasteiger partial charge is 0.268 e. The minimum Gasteiger partial charge on any atom is -0.397 e. The number of nitrogens with two attached hydrogens (primary N) is 2. The van der Waals surface area contributed by atoms with Crippen molar-refractivity contribution in [2.75, 3.05) is 11.1 Å². The van der Waals surface area contributed by atoms with Crippen LogP contribution in [0.1, 0.15) is 93.1 Å². The lowest BCUT2D eigenvalue weighted by molar-refractivity contribution is 0.100. The molecule has 2 amide bonds. The van der Waals surface area contributed by atoms with Crippen molar-refractivity contribution in [3.63, 3.8) is 0 Å². The van der Waals surface area contributed by atoms with Crippen LogP contribution in [0.25, 0.3) is 10.2 Å². The van der Waals surface area contributed by atoms with Gasteiger partial charge in [-0.1, -0.05) is 25.7 Å². The molecule has 3 heterocycles. The minimum absolute atomic E-state index is 0.292. The first-order valence-electron chi connectivity index (χ1n) is 12.0. The number of carbonyl (C=O) groups is 2. The number of hydrogen-bond acceptors (Lipinski definition) is 6. The molecule has 8 heteroatoms. The summed E-state index contributed by atoms with van der Waals surface area (Å²) in [6, 6.07) is 2.14. The predicted molar refractivity (Wildman–Crippen MR) is 137 cm³/mol. The SMILES string of the molecule is NC(=O)c1c(NC(=O)c2sc3nc4c(cc3c2N)CCCCCC4)sc2c1CCCCCC2. The number of rotatable bonds is 3. The zero-order valence-corrected chi connectivity index (χ0v) is 20.4. The Morgan fingerprint density at radius 2 is 1.61 bits per heavy atom. The predicted octanol–water partition coefficient (Wildman–Crippen LogP) is 5.61. The Labute approximate surface area is 201 Å². The van der Waals surface area contributed by atoms with E-state index in [1.807, 2.05) is 0 Å². The van der Waals surface area contributed by atoms with Crippen molar-refractivity contribution >= 4 is 55.4 Å². The zero-order valence-electron chi connectivity index (χ0n) is 18.8. The Morgan fingerprint density at radius 3 is 2.36 bits per heavy atom. The molecule has 0 unspecified atom stereocenters. The first kappa shape index (κ1) is 22.3. The van der Waals surface area contributed by atoms with Crippen molar-refractivity contribution in [3.8, 4) is 0 Å². The molecule has 3 aromatic rings. The summed E-state index contributed by atoms with van der Waals surface area (Å²) in [6.45, 7) is 0. The van der Waals surface area contributed by atoms with E-state index in [-0.39, 0.29) is 5.91 Å². The molecule has 6 nitrogen and oxygen atoms in total. The van der Waals surface area contributed by atoms with Crippen LogP contribution in [0.4, 0.5) is 10.7 Å². The second kappa shape index (κ2) is 9.43. The highest BCUT2D eigenvalue weighted by molar-refractivity contribution is 7.21. The average molecular weight is 483 g/mol. The molecule has 0 saturated carbocycles. The Bertz CT molecular complexity index is 1230. The van der Waals surface area contributed by atoms with Gasteiger partial charge in [0.1, 0.15) is 14.7 Å². The molecule has 2 aliphatic rings. The molecule has 0 aromatic carbocycles. The lowest BCUT2D eigenvalue weighted by Gasteiger charge is -2.12. The molecule has 0 aliphatic heterocycles. The minimum atomic E-state index is -0.478. The number of pyridine rings is 1. The summed E-state index contributed by atoms with van der Waals surface area (Å²) in [7, 11) is 0. The molecule has 5 N–H and O–H groups in total. The van der Waals surface area contributed by atoms with Crippen LogP contribution in [0.3, 0.4) is 0 Å². The van der Waals surface area contributed by atoms with Crippen LogP contribution in [0, 0.1) is 0 Å². The summed E-state index contributed by atoms with van der Waals surface area (Å²) >= 11 is 2.82. The van der Waals surface area contributed by atoms with E-state index in [0.717, 1.165) is 79.3 Å². The Morgan fingerprint density at radius 1 is 0.909 bits per heavy atom. The molecule has 3 aromatic heterocycles. The Kier molecular flexibility index (Phi) is 6.38. The first-order valence-corrected chi connectivity index (χ1v) is 13.6. The number of nitrogens with one attached hydrogen (secondary N) is 1. The van der Waals surface area contributed by atoms with E-state index in [4.69, 9.17) is 16.5 Å². The van der Waals surface area contributed by atoms with Crippen LogP contribution < -0.4 is 16.8 Å². The van der Waals surface area contributed by atoms with E-state index < -0.39 is 5.91 Å². The molecule has 0 saturated heterocycles. The van der Waals surface area contributed by atoms with Gasteiger partial charge in [-0.2, -0.15) is 0 Å². The molecule has 2 aliphatic carbocycles. The highest BCUT2D eigenvalue weighted by Crippen LogP contribution is 2.39. The van der Waals surface area contributed by atoms with E-state index in [1.165, 1.54) is 52.4 Å². The molecule has 0 spiro atoms. The number of thiophene rings is 2.